The first-order valence-corrected chi connectivity index (χ1v) is 7.46. The van der Waals surface area contributed by atoms with Gasteiger partial charge in [0.15, 0.2) is 0 Å². The molecule has 3 nitrogen and oxygen atoms in total. The lowest BCUT2D eigenvalue weighted by atomic mass is 10.1. The van der Waals surface area contributed by atoms with Gasteiger partial charge in [-0.15, -0.1) is 0 Å². The van der Waals surface area contributed by atoms with E-state index >= 15 is 0 Å². The van der Waals surface area contributed by atoms with Gasteiger partial charge in [0.05, 0.1) is 0 Å². The molecular formula is C18H21N3. The van der Waals surface area contributed by atoms with Crippen molar-refractivity contribution in [2.45, 2.75) is 32.4 Å². The van der Waals surface area contributed by atoms with Gasteiger partial charge in [-0.2, -0.15) is 0 Å². The number of nitrogens with two attached hydrogens (primary N) is 1. The Balaban J connectivity index is 1.88. The Hall–Kier alpha value is -2.13. The van der Waals surface area contributed by atoms with E-state index in [1.165, 1.54) is 16.5 Å². The van der Waals surface area contributed by atoms with Crippen molar-refractivity contribution < 1.29 is 0 Å². The number of hydrogen-bond donors (Lipinski definition) is 1. The summed E-state index contributed by atoms with van der Waals surface area (Å²) in [5.41, 5.74) is 9.66. The van der Waals surface area contributed by atoms with Crippen LogP contribution in [0.1, 0.15) is 18.1 Å². The summed E-state index contributed by atoms with van der Waals surface area (Å²) in [7, 11) is 0. The lowest BCUT2D eigenvalue weighted by molar-refractivity contribution is 0.702. The molecule has 2 aromatic heterocycles. The van der Waals surface area contributed by atoms with E-state index in [1.807, 2.05) is 19.2 Å². The van der Waals surface area contributed by atoms with E-state index in [2.05, 4.69) is 52.1 Å². The molecule has 3 aromatic rings. The van der Waals surface area contributed by atoms with Crippen LogP contribution in [-0.4, -0.2) is 15.6 Å². The topological polar surface area (TPSA) is 43.8 Å². The highest BCUT2D eigenvalue weighted by atomic mass is 15.0. The van der Waals surface area contributed by atoms with Crippen LogP contribution >= 0.6 is 0 Å². The molecule has 108 valence electrons. The van der Waals surface area contributed by atoms with E-state index < -0.39 is 0 Å². The molecule has 3 rings (SSSR count). The maximum atomic E-state index is 5.96. The Morgan fingerprint density at radius 1 is 1.14 bits per heavy atom. The average Bonchev–Trinajstić information content (AvgIpc) is 2.84. The maximum Gasteiger partial charge on any atom is 0.140 e. The van der Waals surface area contributed by atoms with Crippen LogP contribution in [0.5, 0.6) is 0 Å². The van der Waals surface area contributed by atoms with Crippen LogP contribution in [0.3, 0.4) is 0 Å². The summed E-state index contributed by atoms with van der Waals surface area (Å²) >= 11 is 0. The van der Waals surface area contributed by atoms with Gasteiger partial charge in [0, 0.05) is 30.4 Å². The normalized spacial score (nSPS) is 12.7. The minimum Gasteiger partial charge on any atom is -0.332 e. The predicted octanol–water partition coefficient (Wildman–Crippen LogP) is 3.17. The van der Waals surface area contributed by atoms with Crippen LogP contribution in [0, 0.1) is 0 Å². The summed E-state index contributed by atoms with van der Waals surface area (Å²) in [5.74, 6) is 0. The molecule has 2 N–H and O–H groups in total. The number of nitrogens with zero attached hydrogens (tertiary/aromatic N) is 2. The summed E-state index contributed by atoms with van der Waals surface area (Å²) in [4.78, 5) is 4.54. The fourth-order valence-electron chi connectivity index (χ4n) is 2.77. The Morgan fingerprint density at radius 3 is 2.71 bits per heavy atom. The smallest absolute Gasteiger partial charge is 0.140 e. The second kappa shape index (κ2) is 6.10. The molecule has 0 saturated heterocycles. The summed E-state index contributed by atoms with van der Waals surface area (Å²) in [6.07, 6.45) is 5.97. The molecule has 3 heteroatoms. The Kier molecular flexibility index (Phi) is 4.02. The van der Waals surface area contributed by atoms with Crippen LogP contribution < -0.4 is 5.73 Å². The number of fused-ring (bicyclic) bond motifs is 1. The number of pyridine rings is 1. The highest BCUT2D eigenvalue weighted by Gasteiger charge is 2.10. The number of rotatable bonds is 5. The van der Waals surface area contributed by atoms with Crippen molar-refractivity contribution in [3.8, 4) is 0 Å². The zero-order valence-electron chi connectivity index (χ0n) is 12.4. The van der Waals surface area contributed by atoms with E-state index in [1.54, 1.807) is 0 Å². The summed E-state index contributed by atoms with van der Waals surface area (Å²) in [6.45, 7) is 2.99. The molecule has 21 heavy (non-hydrogen) atoms. The molecule has 0 aliphatic heterocycles. The maximum absolute atomic E-state index is 5.96. The van der Waals surface area contributed by atoms with Gasteiger partial charge in [-0.1, -0.05) is 30.3 Å². The minimum atomic E-state index is 0.165. The second-order valence-electron chi connectivity index (χ2n) is 5.64. The van der Waals surface area contributed by atoms with Gasteiger partial charge >= 0.3 is 0 Å². The molecule has 0 spiro atoms. The third-order valence-corrected chi connectivity index (χ3v) is 3.74. The van der Waals surface area contributed by atoms with Gasteiger partial charge in [0.1, 0.15) is 5.65 Å². The molecule has 1 unspecified atom stereocenters. The van der Waals surface area contributed by atoms with Gasteiger partial charge in [0.2, 0.25) is 0 Å². The van der Waals surface area contributed by atoms with Crippen LogP contribution in [0.25, 0.3) is 11.0 Å². The monoisotopic (exact) mass is 279 g/mol. The Morgan fingerprint density at radius 2 is 1.95 bits per heavy atom. The van der Waals surface area contributed by atoms with Crippen molar-refractivity contribution in [3.63, 3.8) is 0 Å². The standard InChI is InChI=1S/C18H21N3/c1-14(19)12-16-13-21(18-17(16)8-5-10-20-18)11-9-15-6-3-2-4-7-15/h2-8,10,13-14H,9,11-12,19H2,1H3. The van der Waals surface area contributed by atoms with E-state index in [0.29, 0.717) is 0 Å². The number of hydrogen-bond acceptors (Lipinski definition) is 2. The lowest BCUT2D eigenvalue weighted by Crippen LogP contribution is -2.17. The van der Waals surface area contributed by atoms with Crippen LogP contribution in [0.15, 0.2) is 54.9 Å². The zero-order valence-corrected chi connectivity index (χ0v) is 12.4. The summed E-state index contributed by atoms with van der Waals surface area (Å²) < 4.78 is 2.25. The van der Waals surface area contributed by atoms with Gasteiger partial charge in [-0.25, -0.2) is 4.98 Å². The van der Waals surface area contributed by atoms with Crippen molar-refractivity contribution in [1.29, 1.82) is 0 Å². The van der Waals surface area contributed by atoms with Crippen molar-refractivity contribution in [1.82, 2.24) is 9.55 Å². The van der Waals surface area contributed by atoms with Crippen LogP contribution in [-0.2, 0) is 19.4 Å². The fraction of sp³-hybridized carbons (Fsp3) is 0.278. The van der Waals surface area contributed by atoms with E-state index in [9.17, 15) is 0 Å². The third kappa shape index (κ3) is 3.14. The Bertz CT molecular complexity index is 714. The molecule has 0 amide bonds. The van der Waals surface area contributed by atoms with E-state index in [-0.39, 0.29) is 6.04 Å². The lowest BCUT2D eigenvalue weighted by Gasteiger charge is -2.04. The molecule has 1 aromatic carbocycles. The van der Waals surface area contributed by atoms with Crippen LogP contribution in [0.4, 0.5) is 0 Å². The SMILES string of the molecule is CC(N)Cc1cn(CCc2ccccc2)c2ncccc12. The molecule has 0 radical (unpaired) electrons. The fourth-order valence-corrected chi connectivity index (χ4v) is 2.77. The number of aryl methyl sites for hydroxylation is 2. The Labute approximate surface area is 125 Å². The van der Waals surface area contributed by atoms with Crippen molar-refractivity contribution >= 4 is 11.0 Å². The van der Waals surface area contributed by atoms with Gasteiger partial charge in [-0.3, -0.25) is 0 Å². The van der Waals surface area contributed by atoms with E-state index in [4.69, 9.17) is 5.73 Å². The molecular weight excluding hydrogens is 258 g/mol. The number of aromatic nitrogens is 2. The molecule has 0 saturated carbocycles. The third-order valence-electron chi connectivity index (χ3n) is 3.74. The molecule has 0 aliphatic carbocycles. The van der Waals surface area contributed by atoms with Crippen molar-refractivity contribution in [3.05, 3.63) is 66.0 Å². The molecule has 0 fully saturated rings. The second-order valence-corrected chi connectivity index (χ2v) is 5.64. The van der Waals surface area contributed by atoms with Gasteiger partial charge in [-0.05, 0) is 43.0 Å². The van der Waals surface area contributed by atoms with Crippen molar-refractivity contribution in [2.75, 3.05) is 0 Å². The number of benzene rings is 1. The van der Waals surface area contributed by atoms with Gasteiger partial charge in [0.25, 0.3) is 0 Å². The molecule has 2 heterocycles. The summed E-state index contributed by atoms with van der Waals surface area (Å²) in [5, 5.41) is 1.22. The minimum absolute atomic E-state index is 0.165. The quantitative estimate of drug-likeness (QED) is 0.779. The van der Waals surface area contributed by atoms with E-state index in [0.717, 1.165) is 25.0 Å². The first-order chi connectivity index (χ1) is 10.2. The molecule has 1 atom stereocenters. The summed E-state index contributed by atoms with van der Waals surface area (Å²) in [6, 6.07) is 14.9. The first kappa shape index (κ1) is 13.8. The predicted molar refractivity (Wildman–Crippen MR) is 87.2 cm³/mol. The highest BCUT2D eigenvalue weighted by Crippen LogP contribution is 2.21. The first-order valence-electron chi connectivity index (χ1n) is 7.46. The molecule has 0 aliphatic rings. The average molecular weight is 279 g/mol. The largest absolute Gasteiger partial charge is 0.332 e. The highest BCUT2D eigenvalue weighted by molar-refractivity contribution is 5.80. The van der Waals surface area contributed by atoms with Gasteiger partial charge < -0.3 is 10.3 Å². The zero-order chi connectivity index (χ0) is 14.7. The van der Waals surface area contributed by atoms with Crippen molar-refractivity contribution in [2.24, 2.45) is 5.73 Å². The van der Waals surface area contributed by atoms with Crippen LogP contribution in [0.2, 0.25) is 0 Å². The molecule has 0 bridgehead atoms.